The highest BCUT2D eigenvalue weighted by atomic mass is 16.6. The van der Waals surface area contributed by atoms with Crippen molar-refractivity contribution in [1.82, 2.24) is 0 Å². The molecule has 1 aliphatic heterocycles. The number of ether oxygens (including phenoxy) is 1. The first-order valence-electron chi connectivity index (χ1n) is 6.79. The van der Waals surface area contributed by atoms with Crippen LogP contribution in [0.4, 0.5) is 10.5 Å². The summed E-state index contributed by atoms with van der Waals surface area (Å²) in [5, 5.41) is 9.00. The molecular weight excluding hydrogens is 258 g/mol. The minimum Gasteiger partial charge on any atom is -0.478 e. The molecule has 108 valence electrons. The maximum Gasteiger partial charge on any atom is 0.414 e. The smallest absolute Gasteiger partial charge is 0.414 e. The molecule has 1 aromatic rings. The highest BCUT2D eigenvalue weighted by Crippen LogP contribution is 2.28. The fourth-order valence-corrected chi connectivity index (χ4v) is 2.24. The molecular formula is C15H19NO4. The van der Waals surface area contributed by atoms with E-state index in [1.807, 2.05) is 13.8 Å². The van der Waals surface area contributed by atoms with Gasteiger partial charge in [-0.25, -0.2) is 9.59 Å². The average Bonchev–Trinajstić information content (AvgIpc) is 2.43. The molecule has 5 nitrogen and oxygen atoms in total. The molecule has 1 amide bonds. The van der Waals surface area contributed by atoms with Gasteiger partial charge >= 0.3 is 12.1 Å². The first-order chi connectivity index (χ1) is 9.49. The minimum absolute atomic E-state index is 0.251. The van der Waals surface area contributed by atoms with Crippen molar-refractivity contribution in [1.29, 1.82) is 0 Å². The topological polar surface area (TPSA) is 66.8 Å². The van der Waals surface area contributed by atoms with Crippen LogP contribution >= 0.6 is 0 Å². The van der Waals surface area contributed by atoms with E-state index in [9.17, 15) is 9.59 Å². The lowest BCUT2D eigenvalue weighted by Gasteiger charge is -2.29. The lowest BCUT2D eigenvalue weighted by atomic mass is 9.99. The Labute approximate surface area is 118 Å². The minimum atomic E-state index is -0.952. The largest absolute Gasteiger partial charge is 0.478 e. The van der Waals surface area contributed by atoms with Gasteiger partial charge in [-0.05, 0) is 42.5 Å². The summed E-state index contributed by atoms with van der Waals surface area (Å²) < 4.78 is 5.25. The SMILES string of the molecule is CC(C)COC(=O)N1CCCc2cc(C(=O)O)ccc21. The molecule has 0 saturated heterocycles. The van der Waals surface area contributed by atoms with E-state index in [0.717, 1.165) is 24.1 Å². The molecule has 0 saturated carbocycles. The third-order valence-corrected chi connectivity index (χ3v) is 3.21. The predicted molar refractivity (Wildman–Crippen MR) is 75.3 cm³/mol. The molecule has 20 heavy (non-hydrogen) atoms. The van der Waals surface area contributed by atoms with Gasteiger partial charge in [0, 0.05) is 6.54 Å². The van der Waals surface area contributed by atoms with Gasteiger partial charge in [0.25, 0.3) is 0 Å². The van der Waals surface area contributed by atoms with Crippen LogP contribution in [0.5, 0.6) is 0 Å². The van der Waals surface area contributed by atoms with Gasteiger partial charge in [0.2, 0.25) is 0 Å². The summed E-state index contributed by atoms with van der Waals surface area (Å²) in [5.74, 6) is -0.662. The second kappa shape index (κ2) is 5.94. The van der Waals surface area contributed by atoms with Crippen LogP contribution in [0.25, 0.3) is 0 Å². The average molecular weight is 277 g/mol. The number of nitrogens with zero attached hydrogens (tertiary/aromatic N) is 1. The number of anilines is 1. The molecule has 0 spiro atoms. The Morgan fingerprint density at radius 1 is 1.40 bits per heavy atom. The lowest BCUT2D eigenvalue weighted by molar-refractivity contribution is 0.0696. The third kappa shape index (κ3) is 3.10. The van der Waals surface area contributed by atoms with E-state index in [1.165, 1.54) is 6.07 Å². The first-order valence-corrected chi connectivity index (χ1v) is 6.79. The van der Waals surface area contributed by atoms with Gasteiger partial charge in [-0.1, -0.05) is 13.8 Å². The van der Waals surface area contributed by atoms with Crippen molar-refractivity contribution >= 4 is 17.7 Å². The van der Waals surface area contributed by atoms with E-state index >= 15 is 0 Å². The third-order valence-electron chi connectivity index (χ3n) is 3.21. The maximum atomic E-state index is 12.1. The van der Waals surface area contributed by atoms with Crippen LogP contribution in [0.1, 0.15) is 36.2 Å². The van der Waals surface area contributed by atoms with E-state index in [-0.39, 0.29) is 17.6 Å². The molecule has 1 N–H and O–H groups in total. The Morgan fingerprint density at radius 2 is 2.15 bits per heavy atom. The number of fused-ring (bicyclic) bond motifs is 1. The maximum absolute atomic E-state index is 12.1. The van der Waals surface area contributed by atoms with Crippen molar-refractivity contribution in [3.8, 4) is 0 Å². The molecule has 0 atom stereocenters. The van der Waals surface area contributed by atoms with Crippen LogP contribution in [0, 0.1) is 5.92 Å². The number of hydrogen-bond acceptors (Lipinski definition) is 3. The molecule has 2 rings (SSSR count). The predicted octanol–water partition coefficient (Wildman–Crippen LogP) is 2.93. The van der Waals surface area contributed by atoms with Gasteiger partial charge in [0.1, 0.15) is 0 Å². The zero-order valence-corrected chi connectivity index (χ0v) is 11.8. The number of carbonyl (C=O) groups excluding carboxylic acids is 1. The number of carboxylic acids is 1. The van der Waals surface area contributed by atoms with Crippen molar-refractivity contribution < 1.29 is 19.4 Å². The summed E-state index contributed by atoms with van der Waals surface area (Å²) in [5.41, 5.74) is 1.90. The normalized spacial score (nSPS) is 14.1. The van der Waals surface area contributed by atoms with Crippen molar-refractivity contribution in [3.05, 3.63) is 29.3 Å². The van der Waals surface area contributed by atoms with Crippen LogP contribution in [0.3, 0.4) is 0 Å². The number of rotatable bonds is 3. The van der Waals surface area contributed by atoms with Gasteiger partial charge < -0.3 is 9.84 Å². The molecule has 0 fully saturated rings. The zero-order valence-electron chi connectivity index (χ0n) is 11.8. The molecule has 0 unspecified atom stereocenters. The fourth-order valence-electron chi connectivity index (χ4n) is 2.24. The second-order valence-corrected chi connectivity index (χ2v) is 5.37. The van der Waals surface area contributed by atoms with E-state index in [2.05, 4.69) is 0 Å². The number of aryl methyl sites for hydroxylation is 1. The van der Waals surface area contributed by atoms with E-state index in [0.29, 0.717) is 13.2 Å². The number of carbonyl (C=O) groups is 2. The number of benzene rings is 1. The Kier molecular flexibility index (Phi) is 4.27. The van der Waals surface area contributed by atoms with Gasteiger partial charge in [-0.15, -0.1) is 0 Å². The quantitative estimate of drug-likeness (QED) is 0.922. The van der Waals surface area contributed by atoms with Gasteiger partial charge in [0.15, 0.2) is 0 Å². The molecule has 0 bridgehead atoms. The van der Waals surface area contributed by atoms with Crippen LogP contribution in [0.15, 0.2) is 18.2 Å². The monoisotopic (exact) mass is 277 g/mol. The Morgan fingerprint density at radius 3 is 2.80 bits per heavy atom. The summed E-state index contributed by atoms with van der Waals surface area (Å²) in [6.45, 7) is 4.96. The van der Waals surface area contributed by atoms with Crippen molar-refractivity contribution in [2.75, 3.05) is 18.1 Å². The van der Waals surface area contributed by atoms with Gasteiger partial charge in [0.05, 0.1) is 17.9 Å². The molecule has 0 aromatic heterocycles. The van der Waals surface area contributed by atoms with Gasteiger partial charge in [-0.3, -0.25) is 4.90 Å². The standard InChI is InChI=1S/C15H19NO4/c1-10(2)9-20-15(19)16-7-3-4-11-8-12(14(17)18)5-6-13(11)16/h5-6,8,10H,3-4,7,9H2,1-2H3,(H,17,18). The van der Waals surface area contributed by atoms with Crippen molar-refractivity contribution in [2.45, 2.75) is 26.7 Å². The van der Waals surface area contributed by atoms with E-state index in [4.69, 9.17) is 9.84 Å². The molecule has 1 aliphatic rings. The number of carboxylic acid groups (broad SMARTS) is 1. The van der Waals surface area contributed by atoms with E-state index in [1.54, 1.807) is 17.0 Å². The van der Waals surface area contributed by atoms with Crippen molar-refractivity contribution in [3.63, 3.8) is 0 Å². The summed E-state index contributed by atoms with van der Waals surface area (Å²) in [7, 11) is 0. The molecule has 1 aromatic carbocycles. The molecule has 5 heteroatoms. The molecule has 0 aliphatic carbocycles. The summed E-state index contributed by atoms with van der Waals surface area (Å²) in [6.07, 6.45) is 1.24. The lowest BCUT2D eigenvalue weighted by Crippen LogP contribution is -2.36. The Hall–Kier alpha value is -2.04. The first kappa shape index (κ1) is 14.4. The van der Waals surface area contributed by atoms with Crippen LogP contribution in [0.2, 0.25) is 0 Å². The summed E-state index contributed by atoms with van der Waals surface area (Å²) >= 11 is 0. The van der Waals surface area contributed by atoms with Crippen molar-refractivity contribution in [2.24, 2.45) is 5.92 Å². The molecule has 0 radical (unpaired) electrons. The van der Waals surface area contributed by atoms with Crippen LogP contribution < -0.4 is 4.90 Å². The number of hydrogen-bond donors (Lipinski definition) is 1. The second-order valence-electron chi connectivity index (χ2n) is 5.37. The zero-order chi connectivity index (χ0) is 14.7. The summed E-state index contributed by atoms with van der Waals surface area (Å²) in [6, 6.07) is 4.85. The number of aromatic carboxylic acids is 1. The highest BCUT2D eigenvalue weighted by molar-refractivity contribution is 5.92. The van der Waals surface area contributed by atoms with Crippen LogP contribution in [-0.4, -0.2) is 30.3 Å². The highest BCUT2D eigenvalue weighted by Gasteiger charge is 2.24. The van der Waals surface area contributed by atoms with Gasteiger partial charge in [-0.2, -0.15) is 0 Å². The molecule has 1 heterocycles. The Bertz CT molecular complexity index is 525. The van der Waals surface area contributed by atoms with E-state index < -0.39 is 5.97 Å². The summed E-state index contributed by atoms with van der Waals surface area (Å²) in [4.78, 5) is 24.6. The van der Waals surface area contributed by atoms with Crippen LogP contribution in [-0.2, 0) is 11.2 Å². The Balaban J connectivity index is 2.20. The number of amides is 1. The fraction of sp³-hybridized carbons (Fsp3) is 0.467.